The molecule has 3 heteroatoms. The first-order valence-electron chi connectivity index (χ1n) is 7.11. The maximum atomic E-state index is 12.0. The van der Waals surface area contributed by atoms with Crippen molar-refractivity contribution in [3.05, 3.63) is 65.2 Å². The van der Waals surface area contributed by atoms with E-state index in [0.29, 0.717) is 17.7 Å². The van der Waals surface area contributed by atoms with Crippen molar-refractivity contribution in [3.8, 4) is 5.75 Å². The van der Waals surface area contributed by atoms with E-state index >= 15 is 0 Å². The Morgan fingerprint density at radius 3 is 2.67 bits per heavy atom. The summed E-state index contributed by atoms with van der Waals surface area (Å²) in [6.07, 6.45) is 2.41. The van der Waals surface area contributed by atoms with Crippen LogP contribution in [0.15, 0.2) is 48.5 Å². The summed E-state index contributed by atoms with van der Waals surface area (Å²) in [5.41, 5.74) is 2.46. The molecule has 1 aliphatic carbocycles. The first-order chi connectivity index (χ1) is 10.2. The number of hydrogen-bond acceptors (Lipinski definition) is 3. The van der Waals surface area contributed by atoms with E-state index in [9.17, 15) is 9.59 Å². The van der Waals surface area contributed by atoms with Gasteiger partial charge in [-0.15, -0.1) is 0 Å². The van der Waals surface area contributed by atoms with Gasteiger partial charge in [0, 0.05) is 17.5 Å². The molecular formula is C18H16O3. The van der Waals surface area contributed by atoms with Gasteiger partial charge in [0.25, 0.3) is 0 Å². The first kappa shape index (κ1) is 13.6. The molecule has 2 aromatic rings. The van der Waals surface area contributed by atoms with E-state index in [1.54, 1.807) is 24.3 Å². The van der Waals surface area contributed by atoms with Crippen molar-refractivity contribution in [2.75, 3.05) is 6.61 Å². The molecule has 0 unspecified atom stereocenters. The standard InChI is InChI=1S/C18H16O3/c19-17-8-4-7-14-11-15(9-10-16(14)17)21-12-18(20)13-5-2-1-3-6-13/h1-3,5-6,9-11H,4,7-8,12H2. The van der Waals surface area contributed by atoms with E-state index in [1.807, 2.05) is 24.3 Å². The topological polar surface area (TPSA) is 43.4 Å². The molecule has 0 bridgehead atoms. The third kappa shape index (κ3) is 3.02. The average molecular weight is 280 g/mol. The Hall–Kier alpha value is -2.42. The zero-order valence-corrected chi connectivity index (χ0v) is 11.7. The smallest absolute Gasteiger partial charge is 0.200 e. The number of fused-ring (bicyclic) bond motifs is 1. The van der Waals surface area contributed by atoms with Crippen LogP contribution < -0.4 is 4.74 Å². The van der Waals surface area contributed by atoms with E-state index in [0.717, 1.165) is 24.0 Å². The minimum atomic E-state index is -0.0515. The second kappa shape index (κ2) is 5.92. The van der Waals surface area contributed by atoms with E-state index < -0.39 is 0 Å². The molecule has 0 saturated heterocycles. The van der Waals surface area contributed by atoms with E-state index in [1.165, 1.54) is 0 Å². The molecule has 0 atom stereocenters. The van der Waals surface area contributed by atoms with Crippen molar-refractivity contribution in [1.82, 2.24) is 0 Å². The van der Waals surface area contributed by atoms with Crippen LogP contribution >= 0.6 is 0 Å². The lowest BCUT2D eigenvalue weighted by molar-refractivity contribution is 0.0919. The number of ether oxygens (including phenoxy) is 1. The Morgan fingerprint density at radius 2 is 1.86 bits per heavy atom. The molecule has 0 aliphatic heterocycles. The monoisotopic (exact) mass is 280 g/mol. The lowest BCUT2D eigenvalue weighted by Gasteiger charge is -2.15. The number of carbonyl (C=O) groups is 2. The molecule has 106 valence electrons. The second-order valence-corrected chi connectivity index (χ2v) is 5.17. The summed E-state index contributed by atoms with van der Waals surface area (Å²) >= 11 is 0. The van der Waals surface area contributed by atoms with Crippen LogP contribution in [0.3, 0.4) is 0 Å². The van der Waals surface area contributed by atoms with E-state index in [-0.39, 0.29) is 18.2 Å². The average Bonchev–Trinajstić information content (AvgIpc) is 2.53. The fourth-order valence-electron chi connectivity index (χ4n) is 2.57. The van der Waals surface area contributed by atoms with Gasteiger partial charge < -0.3 is 4.74 Å². The van der Waals surface area contributed by atoms with Crippen LogP contribution in [0.4, 0.5) is 0 Å². The van der Waals surface area contributed by atoms with E-state index in [4.69, 9.17) is 4.74 Å². The summed E-state index contributed by atoms with van der Waals surface area (Å²) in [5, 5.41) is 0. The van der Waals surface area contributed by atoms with Crippen LogP contribution in [-0.2, 0) is 6.42 Å². The van der Waals surface area contributed by atoms with Gasteiger partial charge in [-0.2, -0.15) is 0 Å². The third-order valence-corrected chi connectivity index (χ3v) is 3.69. The Labute approximate surface area is 123 Å². The molecule has 0 N–H and O–H groups in total. The number of carbonyl (C=O) groups excluding carboxylic acids is 2. The predicted molar refractivity (Wildman–Crippen MR) is 80.0 cm³/mol. The molecule has 3 rings (SSSR count). The number of benzene rings is 2. The molecule has 2 aromatic carbocycles. The molecule has 0 spiro atoms. The summed E-state index contributed by atoms with van der Waals surface area (Å²) < 4.78 is 5.56. The van der Waals surface area contributed by atoms with Gasteiger partial charge in [-0.3, -0.25) is 9.59 Å². The Morgan fingerprint density at radius 1 is 1.05 bits per heavy atom. The van der Waals surface area contributed by atoms with Gasteiger partial charge in [0.2, 0.25) is 0 Å². The Kier molecular flexibility index (Phi) is 3.82. The maximum Gasteiger partial charge on any atom is 0.200 e. The van der Waals surface area contributed by atoms with Gasteiger partial charge in [-0.05, 0) is 36.6 Å². The molecule has 0 amide bonds. The SMILES string of the molecule is O=C(COc1ccc2c(c1)CCCC2=O)c1ccccc1. The van der Waals surface area contributed by atoms with Gasteiger partial charge >= 0.3 is 0 Å². The zero-order chi connectivity index (χ0) is 14.7. The molecule has 1 aliphatic rings. The number of rotatable bonds is 4. The summed E-state index contributed by atoms with van der Waals surface area (Å²) in [5.74, 6) is 0.792. The van der Waals surface area contributed by atoms with Crippen LogP contribution in [0.25, 0.3) is 0 Å². The minimum absolute atomic E-state index is 0.0107. The highest BCUT2D eigenvalue weighted by Crippen LogP contribution is 2.25. The van der Waals surface area contributed by atoms with Gasteiger partial charge in [0.05, 0.1) is 0 Å². The second-order valence-electron chi connectivity index (χ2n) is 5.17. The number of ketones is 2. The number of hydrogen-bond donors (Lipinski definition) is 0. The lowest BCUT2D eigenvalue weighted by atomic mass is 9.90. The van der Waals surface area contributed by atoms with Crippen LogP contribution in [-0.4, -0.2) is 18.2 Å². The molecule has 0 heterocycles. The highest BCUT2D eigenvalue weighted by molar-refractivity contribution is 5.99. The predicted octanol–water partition coefficient (Wildman–Crippen LogP) is 3.47. The molecule has 3 nitrogen and oxygen atoms in total. The molecule has 0 radical (unpaired) electrons. The van der Waals surface area contributed by atoms with E-state index in [2.05, 4.69) is 0 Å². The highest BCUT2D eigenvalue weighted by atomic mass is 16.5. The maximum absolute atomic E-state index is 12.0. The van der Waals surface area contributed by atoms with Crippen molar-refractivity contribution in [3.63, 3.8) is 0 Å². The Bertz CT molecular complexity index is 674. The summed E-state index contributed by atoms with van der Waals surface area (Å²) in [4.78, 5) is 23.7. The normalized spacial score (nSPS) is 13.6. The van der Waals surface area contributed by atoms with Crippen molar-refractivity contribution in [2.45, 2.75) is 19.3 Å². The lowest BCUT2D eigenvalue weighted by Crippen LogP contribution is -2.13. The minimum Gasteiger partial charge on any atom is -0.485 e. The third-order valence-electron chi connectivity index (χ3n) is 3.69. The molecule has 0 fully saturated rings. The van der Waals surface area contributed by atoms with Crippen LogP contribution in [0.2, 0.25) is 0 Å². The molecule has 0 saturated carbocycles. The van der Waals surface area contributed by atoms with Crippen molar-refractivity contribution < 1.29 is 14.3 Å². The van der Waals surface area contributed by atoms with Gasteiger partial charge in [0.1, 0.15) is 5.75 Å². The van der Waals surface area contributed by atoms with Gasteiger partial charge in [-0.25, -0.2) is 0 Å². The van der Waals surface area contributed by atoms with Gasteiger partial charge in [0.15, 0.2) is 18.2 Å². The highest BCUT2D eigenvalue weighted by Gasteiger charge is 2.17. The first-order valence-corrected chi connectivity index (χ1v) is 7.11. The fourth-order valence-corrected chi connectivity index (χ4v) is 2.57. The fraction of sp³-hybridized carbons (Fsp3) is 0.222. The molecular weight excluding hydrogens is 264 g/mol. The van der Waals surface area contributed by atoms with Crippen molar-refractivity contribution >= 4 is 11.6 Å². The Balaban J connectivity index is 1.69. The summed E-state index contributed by atoms with van der Waals surface area (Å²) in [6, 6.07) is 14.5. The van der Waals surface area contributed by atoms with Crippen molar-refractivity contribution in [2.24, 2.45) is 0 Å². The van der Waals surface area contributed by atoms with Gasteiger partial charge in [-0.1, -0.05) is 30.3 Å². The van der Waals surface area contributed by atoms with Crippen LogP contribution in [0.5, 0.6) is 5.75 Å². The van der Waals surface area contributed by atoms with Crippen LogP contribution in [0, 0.1) is 0 Å². The quantitative estimate of drug-likeness (QED) is 0.805. The largest absolute Gasteiger partial charge is 0.485 e. The van der Waals surface area contributed by atoms with Crippen LogP contribution in [0.1, 0.15) is 39.1 Å². The zero-order valence-electron chi connectivity index (χ0n) is 11.7. The number of aryl methyl sites for hydroxylation is 1. The van der Waals surface area contributed by atoms with Crippen molar-refractivity contribution in [1.29, 1.82) is 0 Å². The molecule has 21 heavy (non-hydrogen) atoms. The summed E-state index contributed by atoms with van der Waals surface area (Å²) in [6.45, 7) is 0.0107. The molecule has 0 aromatic heterocycles. The number of Topliss-reactive ketones (excluding diaryl/α,β-unsaturated/α-hetero) is 2. The summed E-state index contributed by atoms with van der Waals surface area (Å²) in [7, 11) is 0.